The first-order valence-corrected chi connectivity index (χ1v) is 2.73. The second-order valence-electron chi connectivity index (χ2n) is 3.06. The van der Waals surface area contributed by atoms with Gasteiger partial charge in [0.05, 0.1) is 0 Å². The molecule has 0 aromatic rings. The molecule has 0 rings (SSSR count). The summed E-state index contributed by atoms with van der Waals surface area (Å²) in [6.07, 6.45) is 0.727. The van der Waals surface area contributed by atoms with E-state index in [1.807, 2.05) is 0 Å². The van der Waals surface area contributed by atoms with Gasteiger partial charge in [-0.1, -0.05) is 20.8 Å². The molecule has 0 atom stereocenters. The third-order valence-corrected chi connectivity index (χ3v) is 0.716. The summed E-state index contributed by atoms with van der Waals surface area (Å²) < 4.78 is 0. The number of carbonyl (C=O) groups is 1. The van der Waals surface area contributed by atoms with E-state index in [1.54, 1.807) is 0 Å². The molecule has 0 aliphatic rings. The molecule has 1 amide bonds. The Morgan fingerprint density at radius 3 is 2.12 bits per heavy atom. The third-order valence-electron chi connectivity index (χ3n) is 0.716. The van der Waals surface area contributed by atoms with Gasteiger partial charge >= 0.3 is 0 Å². The second kappa shape index (κ2) is 2.70. The van der Waals surface area contributed by atoms with Crippen LogP contribution in [-0.2, 0) is 4.79 Å². The molecule has 0 aromatic heterocycles. The van der Waals surface area contributed by atoms with Gasteiger partial charge in [-0.2, -0.15) is 0 Å². The first-order chi connectivity index (χ1) is 3.56. The van der Waals surface area contributed by atoms with E-state index in [9.17, 15) is 4.79 Å². The number of hydrogen-bond donors (Lipinski definition) is 1. The zero-order valence-electron chi connectivity index (χ0n) is 5.69. The van der Waals surface area contributed by atoms with Gasteiger partial charge in [0, 0.05) is 6.54 Å². The monoisotopic (exact) mass is 115 g/mol. The van der Waals surface area contributed by atoms with Crippen molar-refractivity contribution >= 4 is 6.41 Å². The van der Waals surface area contributed by atoms with Crippen molar-refractivity contribution in [2.24, 2.45) is 5.41 Å². The summed E-state index contributed by atoms with van der Waals surface area (Å²) in [5.41, 5.74) is 0.209. The highest BCUT2D eigenvalue weighted by molar-refractivity contribution is 5.45. The van der Waals surface area contributed by atoms with Crippen LogP contribution in [0.3, 0.4) is 0 Å². The van der Waals surface area contributed by atoms with Gasteiger partial charge in [-0.25, -0.2) is 0 Å². The quantitative estimate of drug-likeness (QED) is 0.529. The zero-order valence-corrected chi connectivity index (χ0v) is 5.69. The number of rotatable bonds is 2. The highest BCUT2D eigenvalue weighted by Gasteiger charge is 2.07. The Hall–Kier alpha value is -0.530. The molecule has 8 heavy (non-hydrogen) atoms. The lowest BCUT2D eigenvalue weighted by molar-refractivity contribution is -0.109. The van der Waals surface area contributed by atoms with Crippen LogP contribution >= 0.6 is 0 Å². The van der Waals surface area contributed by atoms with E-state index in [2.05, 4.69) is 26.1 Å². The highest BCUT2D eigenvalue weighted by Crippen LogP contribution is 2.09. The first-order valence-electron chi connectivity index (χ1n) is 2.73. The van der Waals surface area contributed by atoms with E-state index in [-0.39, 0.29) is 5.41 Å². The molecule has 0 aliphatic heterocycles. The largest absolute Gasteiger partial charge is 0.358 e. The molecule has 2 heteroatoms. The van der Waals surface area contributed by atoms with Crippen LogP contribution in [0.2, 0.25) is 0 Å². The van der Waals surface area contributed by atoms with Crippen LogP contribution in [0.15, 0.2) is 0 Å². The predicted molar refractivity (Wildman–Crippen MR) is 33.5 cm³/mol. The van der Waals surface area contributed by atoms with Gasteiger partial charge in [-0.15, -0.1) is 0 Å². The molecule has 0 fully saturated rings. The Morgan fingerprint density at radius 1 is 1.50 bits per heavy atom. The molecule has 0 aliphatic carbocycles. The number of nitrogens with one attached hydrogen (secondary N) is 1. The van der Waals surface area contributed by atoms with Crippen LogP contribution in [0, 0.1) is 5.41 Å². The molecule has 1 N–H and O–H groups in total. The Bertz CT molecular complexity index is 73.1. The van der Waals surface area contributed by atoms with Crippen LogP contribution < -0.4 is 5.32 Å². The average Bonchev–Trinajstić information content (AvgIpc) is 1.59. The van der Waals surface area contributed by atoms with Crippen molar-refractivity contribution < 1.29 is 4.79 Å². The van der Waals surface area contributed by atoms with Crippen LogP contribution in [0.4, 0.5) is 0 Å². The summed E-state index contributed by atoms with van der Waals surface area (Å²) in [6.45, 7) is 6.97. The molecule has 0 bridgehead atoms. The van der Waals surface area contributed by atoms with Crippen LogP contribution in [-0.4, -0.2) is 13.0 Å². The molecule has 0 unspecified atom stereocenters. The molecule has 0 spiro atoms. The van der Waals surface area contributed by atoms with Crippen molar-refractivity contribution in [1.29, 1.82) is 0 Å². The summed E-state index contributed by atoms with van der Waals surface area (Å²) in [4.78, 5) is 9.74. The van der Waals surface area contributed by atoms with Gasteiger partial charge in [0.25, 0.3) is 0 Å². The lowest BCUT2D eigenvalue weighted by atomic mass is 9.97. The van der Waals surface area contributed by atoms with Gasteiger partial charge in [0.15, 0.2) is 0 Å². The first kappa shape index (κ1) is 7.47. The van der Waals surface area contributed by atoms with E-state index in [0.29, 0.717) is 0 Å². The van der Waals surface area contributed by atoms with Crippen molar-refractivity contribution in [1.82, 2.24) is 5.32 Å². The fourth-order valence-electron chi connectivity index (χ4n) is 0.348. The minimum absolute atomic E-state index is 0.209. The third kappa shape index (κ3) is 5.47. The minimum Gasteiger partial charge on any atom is -0.358 e. The van der Waals surface area contributed by atoms with Gasteiger partial charge in [-0.05, 0) is 5.41 Å². The maximum absolute atomic E-state index is 9.74. The second-order valence-corrected chi connectivity index (χ2v) is 3.06. The number of carbonyl (C=O) groups excluding carboxylic acids is 1. The van der Waals surface area contributed by atoms with Gasteiger partial charge < -0.3 is 5.32 Å². The van der Waals surface area contributed by atoms with Crippen LogP contribution in [0.1, 0.15) is 20.8 Å². The standard InChI is InChI=1S/C6H13NO/c1-6(2,3)4-7-5-8/h5H,4H2,1-3H3,(H,7,8). The number of amides is 1. The normalized spacial score (nSPS) is 10.9. The smallest absolute Gasteiger partial charge is 0.207 e. The van der Waals surface area contributed by atoms with Crippen LogP contribution in [0.25, 0.3) is 0 Å². The summed E-state index contributed by atoms with van der Waals surface area (Å²) >= 11 is 0. The number of hydrogen-bond acceptors (Lipinski definition) is 1. The lowest BCUT2D eigenvalue weighted by Crippen LogP contribution is -2.25. The van der Waals surface area contributed by atoms with Gasteiger partial charge in [0.1, 0.15) is 0 Å². The van der Waals surface area contributed by atoms with Crippen molar-refractivity contribution in [3.05, 3.63) is 0 Å². The Balaban J connectivity index is 3.24. The molecule has 2 nitrogen and oxygen atoms in total. The van der Waals surface area contributed by atoms with E-state index in [0.717, 1.165) is 13.0 Å². The summed E-state index contributed by atoms with van der Waals surface area (Å²) in [5.74, 6) is 0. The molecular weight excluding hydrogens is 102 g/mol. The maximum atomic E-state index is 9.74. The van der Waals surface area contributed by atoms with E-state index < -0.39 is 0 Å². The lowest BCUT2D eigenvalue weighted by Gasteiger charge is -2.15. The van der Waals surface area contributed by atoms with Gasteiger partial charge in [-0.3, -0.25) is 4.79 Å². The fourth-order valence-corrected chi connectivity index (χ4v) is 0.348. The van der Waals surface area contributed by atoms with Gasteiger partial charge in [0.2, 0.25) is 6.41 Å². The molecule has 0 radical (unpaired) electrons. The van der Waals surface area contributed by atoms with E-state index >= 15 is 0 Å². The Kier molecular flexibility index (Phi) is 2.52. The molecule has 48 valence electrons. The summed E-state index contributed by atoms with van der Waals surface area (Å²) in [6, 6.07) is 0. The Morgan fingerprint density at radius 2 is 2.00 bits per heavy atom. The molecule has 0 saturated heterocycles. The minimum atomic E-state index is 0.209. The summed E-state index contributed by atoms with van der Waals surface area (Å²) in [7, 11) is 0. The van der Waals surface area contributed by atoms with Crippen molar-refractivity contribution in [3.8, 4) is 0 Å². The molecular formula is C6H13NO. The van der Waals surface area contributed by atoms with E-state index in [1.165, 1.54) is 0 Å². The predicted octanol–water partition coefficient (Wildman–Crippen LogP) is 0.778. The average molecular weight is 115 g/mol. The SMILES string of the molecule is CC(C)(C)CNC=O. The van der Waals surface area contributed by atoms with Crippen molar-refractivity contribution in [3.63, 3.8) is 0 Å². The highest BCUT2D eigenvalue weighted by atomic mass is 16.1. The molecule has 0 saturated carbocycles. The molecule has 0 heterocycles. The van der Waals surface area contributed by atoms with Crippen molar-refractivity contribution in [2.45, 2.75) is 20.8 Å². The maximum Gasteiger partial charge on any atom is 0.207 e. The van der Waals surface area contributed by atoms with Crippen LogP contribution in [0.5, 0.6) is 0 Å². The summed E-state index contributed by atoms with van der Waals surface area (Å²) in [5, 5.41) is 2.61. The topological polar surface area (TPSA) is 29.1 Å². The molecule has 0 aromatic carbocycles. The van der Waals surface area contributed by atoms with Crippen molar-refractivity contribution in [2.75, 3.05) is 6.54 Å². The Labute approximate surface area is 50.3 Å². The van der Waals surface area contributed by atoms with E-state index in [4.69, 9.17) is 0 Å². The fraction of sp³-hybridized carbons (Fsp3) is 0.833. The zero-order chi connectivity index (χ0) is 6.62.